The first-order chi connectivity index (χ1) is 7.75. The van der Waals surface area contributed by atoms with Crippen molar-refractivity contribution in [1.82, 2.24) is 10.6 Å². The molecule has 16 heavy (non-hydrogen) atoms. The molecule has 0 radical (unpaired) electrons. The number of rotatable bonds is 3. The van der Waals surface area contributed by atoms with E-state index in [0.29, 0.717) is 6.54 Å². The quantitative estimate of drug-likeness (QED) is 0.806. The van der Waals surface area contributed by atoms with Crippen molar-refractivity contribution in [2.45, 2.75) is 25.4 Å². The van der Waals surface area contributed by atoms with Crippen molar-refractivity contribution in [2.24, 2.45) is 0 Å². The second kappa shape index (κ2) is 5.07. The lowest BCUT2D eigenvalue weighted by atomic mass is 10.1. The van der Waals surface area contributed by atoms with Gasteiger partial charge in [-0.2, -0.15) is 0 Å². The van der Waals surface area contributed by atoms with Gasteiger partial charge in [-0.25, -0.2) is 4.39 Å². The molecule has 0 saturated carbocycles. The van der Waals surface area contributed by atoms with E-state index in [2.05, 4.69) is 10.6 Å². The average Bonchev–Trinajstić information content (AvgIpc) is 2.30. The third-order valence-electron chi connectivity index (χ3n) is 2.75. The zero-order valence-corrected chi connectivity index (χ0v) is 9.00. The van der Waals surface area contributed by atoms with Crippen LogP contribution in [0.15, 0.2) is 24.3 Å². The first kappa shape index (κ1) is 11.1. The van der Waals surface area contributed by atoms with Gasteiger partial charge in [0.25, 0.3) is 0 Å². The second-order valence-corrected chi connectivity index (χ2v) is 3.99. The van der Waals surface area contributed by atoms with Crippen LogP contribution in [0.4, 0.5) is 4.39 Å². The van der Waals surface area contributed by atoms with Crippen LogP contribution in [0.3, 0.4) is 0 Å². The fraction of sp³-hybridized carbons (Fsp3) is 0.417. The summed E-state index contributed by atoms with van der Waals surface area (Å²) in [4.78, 5) is 11.4. The third-order valence-corrected chi connectivity index (χ3v) is 2.75. The van der Waals surface area contributed by atoms with Crippen molar-refractivity contribution >= 4 is 5.91 Å². The Morgan fingerprint density at radius 3 is 2.81 bits per heavy atom. The fourth-order valence-electron chi connectivity index (χ4n) is 1.81. The van der Waals surface area contributed by atoms with Crippen LogP contribution in [0.1, 0.15) is 18.4 Å². The summed E-state index contributed by atoms with van der Waals surface area (Å²) in [5.74, 6) is -0.174. The number of amides is 1. The minimum absolute atomic E-state index is 0.0633. The van der Waals surface area contributed by atoms with Crippen molar-refractivity contribution in [2.75, 3.05) is 6.54 Å². The van der Waals surface area contributed by atoms with Crippen LogP contribution in [-0.2, 0) is 11.3 Å². The Hall–Kier alpha value is -1.42. The molecule has 1 aromatic rings. The van der Waals surface area contributed by atoms with Crippen molar-refractivity contribution in [3.8, 4) is 0 Å². The molecule has 1 atom stereocenters. The Morgan fingerprint density at radius 1 is 1.38 bits per heavy atom. The summed E-state index contributed by atoms with van der Waals surface area (Å²) in [6.07, 6.45) is 1.87. The number of halogens is 1. The summed E-state index contributed by atoms with van der Waals surface area (Å²) in [6.45, 7) is 1.37. The van der Waals surface area contributed by atoms with Crippen LogP contribution < -0.4 is 10.6 Å². The van der Waals surface area contributed by atoms with Gasteiger partial charge >= 0.3 is 0 Å². The van der Waals surface area contributed by atoms with Gasteiger partial charge < -0.3 is 10.6 Å². The SMILES string of the molecule is O=C1NCCCC1NCc1ccc(F)cc1. The first-order valence-corrected chi connectivity index (χ1v) is 5.51. The third kappa shape index (κ3) is 2.79. The van der Waals surface area contributed by atoms with Crippen LogP contribution in [0.5, 0.6) is 0 Å². The fourth-order valence-corrected chi connectivity index (χ4v) is 1.81. The number of carbonyl (C=O) groups is 1. The van der Waals surface area contributed by atoms with Gasteiger partial charge in [0.15, 0.2) is 0 Å². The predicted molar refractivity (Wildman–Crippen MR) is 59.3 cm³/mol. The molecule has 1 aliphatic rings. The van der Waals surface area contributed by atoms with E-state index in [9.17, 15) is 9.18 Å². The zero-order valence-electron chi connectivity index (χ0n) is 9.00. The highest BCUT2D eigenvalue weighted by molar-refractivity contribution is 5.82. The lowest BCUT2D eigenvalue weighted by molar-refractivity contribution is -0.124. The minimum Gasteiger partial charge on any atom is -0.355 e. The number of carbonyl (C=O) groups excluding carboxylic acids is 1. The Bertz CT molecular complexity index is 364. The highest BCUT2D eigenvalue weighted by Crippen LogP contribution is 2.06. The maximum Gasteiger partial charge on any atom is 0.237 e. The number of hydrogen-bond donors (Lipinski definition) is 2. The molecule has 2 rings (SSSR count). The number of piperidine rings is 1. The topological polar surface area (TPSA) is 41.1 Å². The largest absolute Gasteiger partial charge is 0.355 e. The van der Waals surface area contributed by atoms with Crippen LogP contribution in [0.2, 0.25) is 0 Å². The van der Waals surface area contributed by atoms with E-state index in [1.54, 1.807) is 12.1 Å². The average molecular weight is 222 g/mol. The highest BCUT2D eigenvalue weighted by atomic mass is 19.1. The molecule has 1 saturated heterocycles. The summed E-state index contributed by atoms with van der Waals surface area (Å²) in [7, 11) is 0. The van der Waals surface area contributed by atoms with Crippen LogP contribution in [-0.4, -0.2) is 18.5 Å². The van der Waals surface area contributed by atoms with E-state index in [0.717, 1.165) is 24.9 Å². The Labute approximate surface area is 94.0 Å². The van der Waals surface area contributed by atoms with Crippen molar-refractivity contribution in [3.63, 3.8) is 0 Å². The molecule has 0 bridgehead atoms. The summed E-state index contributed by atoms with van der Waals surface area (Å²) in [5, 5.41) is 5.99. The maximum atomic E-state index is 12.7. The second-order valence-electron chi connectivity index (χ2n) is 3.99. The van der Waals surface area contributed by atoms with E-state index in [1.165, 1.54) is 12.1 Å². The predicted octanol–water partition coefficient (Wildman–Crippen LogP) is 1.19. The molecular formula is C12H15FN2O. The van der Waals surface area contributed by atoms with Crippen LogP contribution in [0, 0.1) is 5.82 Å². The Morgan fingerprint density at radius 2 is 2.12 bits per heavy atom. The molecule has 86 valence electrons. The van der Waals surface area contributed by atoms with Gasteiger partial charge in [-0.15, -0.1) is 0 Å². The highest BCUT2D eigenvalue weighted by Gasteiger charge is 2.20. The van der Waals surface area contributed by atoms with E-state index < -0.39 is 0 Å². The van der Waals surface area contributed by atoms with Crippen molar-refractivity contribution in [3.05, 3.63) is 35.6 Å². The smallest absolute Gasteiger partial charge is 0.237 e. The van der Waals surface area contributed by atoms with Gasteiger partial charge in [0.05, 0.1) is 6.04 Å². The van der Waals surface area contributed by atoms with Gasteiger partial charge in [0.2, 0.25) is 5.91 Å². The number of benzene rings is 1. The molecule has 0 aliphatic carbocycles. The molecule has 1 heterocycles. The minimum atomic E-state index is -0.237. The molecule has 1 aromatic carbocycles. The monoisotopic (exact) mass is 222 g/mol. The zero-order chi connectivity index (χ0) is 11.4. The van der Waals surface area contributed by atoms with Gasteiger partial charge in [-0.1, -0.05) is 12.1 Å². The molecule has 3 nitrogen and oxygen atoms in total. The van der Waals surface area contributed by atoms with E-state index in [4.69, 9.17) is 0 Å². The van der Waals surface area contributed by atoms with Gasteiger partial charge in [0, 0.05) is 13.1 Å². The number of nitrogens with one attached hydrogen (secondary N) is 2. The van der Waals surface area contributed by atoms with Crippen molar-refractivity contribution in [1.29, 1.82) is 0 Å². The lowest BCUT2D eigenvalue weighted by Crippen LogP contribution is -2.47. The molecule has 0 spiro atoms. The summed E-state index contributed by atoms with van der Waals surface area (Å²) >= 11 is 0. The normalized spacial score (nSPS) is 20.6. The van der Waals surface area contributed by atoms with Crippen molar-refractivity contribution < 1.29 is 9.18 Å². The summed E-state index contributed by atoms with van der Waals surface area (Å²) in [5.41, 5.74) is 0.986. The Balaban J connectivity index is 1.86. The van der Waals surface area contributed by atoms with Crippen LogP contribution in [0.25, 0.3) is 0 Å². The molecule has 1 unspecified atom stereocenters. The molecule has 1 amide bonds. The van der Waals surface area contributed by atoms with Crippen LogP contribution >= 0.6 is 0 Å². The summed E-state index contributed by atoms with van der Waals surface area (Å²) in [6, 6.07) is 6.20. The molecule has 2 N–H and O–H groups in total. The summed E-state index contributed by atoms with van der Waals surface area (Å²) < 4.78 is 12.7. The van der Waals surface area contributed by atoms with Gasteiger partial charge in [0.1, 0.15) is 5.82 Å². The lowest BCUT2D eigenvalue weighted by Gasteiger charge is -2.22. The first-order valence-electron chi connectivity index (χ1n) is 5.51. The molecule has 1 fully saturated rings. The van der Waals surface area contributed by atoms with Gasteiger partial charge in [-0.05, 0) is 30.5 Å². The maximum absolute atomic E-state index is 12.7. The van der Waals surface area contributed by atoms with E-state index >= 15 is 0 Å². The molecule has 1 aliphatic heterocycles. The van der Waals surface area contributed by atoms with E-state index in [1.807, 2.05) is 0 Å². The molecule has 4 heteroatoms. The standard InChI is InChI=1S/C12H15FN2O/c13-10-5-3-9(4-6-10)8-15-11-2-1-7-14-12(11)16/h3-6,11,15H,1-2,7-8H2,(H,14,16). The molecule has 0 aromatic heterocycles. The van der Waals surface area contributed by atoms with Gasteiger partial charge in [-0.3, -0.25) is 4.79 Å². The van der Waals surface area contributed by atoms with E-state index in [-0.39, 0.29) is 17.8 Å². The number of hydrogen-bond acceptors (Lipinski definition) is 2. The Kier molecular flexibility index (Phi) is 3.51. The molecular weight excluding hydrogens is 207 g/mol.